The van der Waals surface area contributed by atoms with E-state index in [4.69, 9.17) is 0 Å². The van der Waals surface area contributed by atoms with E-state index in [1.165, 1.54) is 0 Å². The van der Waals surface area contributed by atoms with Crippen molar-refractivity contribution in [3.8, 4) is 0 Å². The van der Waals surface area contributed by atoms with Crippen LogP contribution in [0.5, 0.6) is 0 Å². The summed E-state index contributed by atoms with van der Waals surface area (Å²) >= 11 is 0. The summed E-state index contributed by atoms with van der Waals surface area (Å²) in [6.07, 6.45) is -8.44. The Hall–Kier alpha value is -2.35. The summed E-state index contributed by atoms with van der Waals surface area (Å²) in [5.74, 6) is -148. The molecule has 0 aromatic heterocycles. The monoisotopic (exact) mass is 1030 g/mol. The summed E-state index contributed by atoms with van der Waals surface area (Å²) in [6.45, 7) is -3.35. The molecular formula is C23H15F35O3Si. The van der Waals surface area contributed by atoms with Gasteiger partial charge in [-0.05, 0) is 20.8 Å². The van der Waals surface area contributed by atoms with E-state index < -0.39 is 129 Å². The average molecular weight is 1030 g/mol. The van der Waals surface area contributed by atoms with Gasteiger partial charge in [0.25, 0.3) is 0 Å². The molecule has 0 atom stereocenters. The molecule has 374 valence electrons. The van der Waals surface area contributed by atoms with Crippen LogP contribution in [0.4, 0.5) is 154 Å². The lowest BCUT2D eigenvalue weighted by Crippen LogP contribution is -2.81. The maximum Gasteiger partial charge on any atom is 0.582 e. The molecule has 0 aliphatic rings. The van der Waals surface area contributed by atoms with Crippen LogP contribution in [0, 0.1) is 0 Å². The molecule has 0 unspecified atom stereocenters. The largest absolute Gasteiger partial charge is 0.582 e. The third-order valence-electron chi connectivity index (χ3n) is 7.66. The lowest BCUT2D eigenvalue weighted by molar-refractivity contribution is -0.492. The quantitative estimate of drug-likeness (QED) is 0.0799. The molecule has 0 saturated carbocycles. The van der Waals surface area contributed by atoms with Gasteiger partial charge < -0.3 is 13.3 Å². The van der Waals surface area contributed by atoms with Gasteiger partial charge in [0.15, 0.2) is 0 Å². The van der Waals surface area contributed by atoms with E-state index in [0.717, 1.165) is 0 Å². The average Bonchev–Trinajstić information content (AvgIpc) is 3.06. The summed E-state index contributed by atoms with van der Waals surface area (Å²) in [5, 5.41) is 0. The van der Waals surface area contributed by atoms with Gasteiger partial charge in [-0.15, -0.1) is 0 Å². The zero-order valence-corrected chi connectivity index (χ0v) is 29.6. The van der Waals surface area contributed by atoms with Crippen LogP contribution in [-0.4, -0.2) is 129 Å². The van der Waals surface area contributed by atoms with Crippen molar-refractivity contribution < 1.29 is 167 Å². The molecular weight excluding hydrogens is 1020 g/mol. The highest BCUT2D eigenvalue weighted by molar-refractivity contribution is 6.63. The molecule has 39 heteroatoms. The van der Waals surface area contributed by atoms with E-state index in [0.29, 0.717) is 20.8 Å². The first-order valence-electron chi connectivity index (χ1n) is 14.5. The van der Waals surface area contributed by atoms with Crippen molar-refractivity contribution in [2.24, 2.45) is 0 Å². The maximum absolute atomic E-state index is 14.9. The molecule has 3 nitrogen and oxygen atoms in total. The predicted molar refractivity (Wildman–Crippen MR) is 126 cm³/mol. The van der Waals surface area contributed by atoms with E-state index in [1.807, 2.05) is 0 Å². The molecule has 0 bridgehead atoms. The van der Waals surface area contributed by atoms with Gasteiger partial charge in [0.2, 0.25) is 0 Å². The summed E-state index contributed by atoms with van der Waals surface area (Å²) in [5.41, 5.74) is -7.50. The molecule has 0 aliphatic carbocycles. The fourth-order valence-corrected chi connectivity index (χ4v) is 6.57. The van der Waals surface area contributed by atoms with Crippen LogP contribution in [0.2, 0.25) is 0 Å². The van der Waals surface area contributed by atoms with Crippen molar-refractivity contribution in [1.29, 1.82) is 0 Å². The minimum absolute atomic E-state index is 0.424. The van der Waals surface area contributed by atoms with Gasteiger partial charge in [-0.1, -0.05) is 0 Å². The van der Waals surface area contributed by atoms with Gasteiger partial charge in [0, 0.05) is 19.8 Å². The van der Waals surface area contributed by atoms with Crippen LogP contribution < -0.4 is 0 Å². The normalized spacial score (nSPS) is 16.9. The number of alkyl halides is 35. The third-order valence-corrected chi connectivity index (χ3v) is 10.7. The van der Waals surface area contributed by atoms with E-state index in [2.05, 4.69) is 13.3 Å². The first kappa shape index (κ1) is 59.6. The van der Waals surface area contributed by atoms with Gasteiger partial charge in [-0.3, -0.25) is 0 Å². The third kappa shape index (κ3) is 6.99. The van der Waals surface area contributed by atoms with E-state index in [-0.39, 0.29) is 0 Å². The molecule has 0 rings (SSSR count). The summed E-state index contributed by atoms with van der Waals surface area (Å²) in [6, 6.07) is 0. The predicted octanol–water partition coefficient (Wildman–Crippen LogP) is 12.3. The van der Waals surface area contributed by atoms with Gasteiger partial charge in [-0.2, -0.15) is 154 Å². The Balaban J connectivity index is 7.97. The van der Waals surface area contributed by atoms with Crippen molar-refractivity contribution in [3.05, 3.63) is 0 Å². The van der Waals surface area contributed by atoms with Crippen LogP contribution in [-0.2, 0) is 13.3 Å². The van der Waals surface area contributed by atoms with Crippen molar-refractivity contribution >= 4 is 8.80 Å². The lowest BCUT2D eigenvalue weighted by Gasteiger charge is -2.47. The van der Waals surface area contributed by atoms with Gasteiger partial charge in [0.1, 0.15) is 0 Å². The Morgan fingerprint density at radius 3 is 0.484 bits per heavy atom. The Bertz CT molecular complexity index is 1460. The Labute approximate surface area is 318 Å². The van der Waals surface area contributed by atoms with Gasteiger partial charge in [0.05, 0.1) is 0 Å². The number of hydrogen-bond donors (Lipinski definition) is 0. The van der Waals surface area contributed by atoms with Crippen LogP contribution in [0.1, 0.15) is 20.8 Å². The molecule has 0 N–H and O–H groups in total. The standard InChI is InChI=1S/C23H15F35O3Si/c1-4-59-62(60-5-2,61-6-3)23(57,58)21(52,53)19(48,49)17(44,45)15(40,41)13(36,37)11(32,33)9(28,29)7(24,25)8(26,27)10(30,31)12(34,35)14(38,39)16(42,43)18(46,47)20(50,51)22(54,55)56/h4-6H2,1-3H3. The minimum atomic E-state index is -10.4. The number of halogens is 35. The molecule has 0 aromatic carbocycles. The molecule has 62 heavy (non-hydrogen) atoms. The lowest BCUT2D eigenvalue weighted by atomic mass is 9.82. The molecule has 0 amide bonds. The van der Waals surface area contributed by atoms with E-state index in [1.54, 1.807) is 0 Å². The zero-order valence-electron chi connectivity index (χ0n) is 28.6. The first-order chi connectivity index (χ1) is 26.4. The van der Waals surface area contributed by atoms with Crippen molar-refractivity contribution in [3.63, 3.8) is 0 Å². The number of hydrogen-bond acceptors (Lipinski definition) is 3. The Morgan fingerprint density at radius 1 is 0.226 bits per heavy atom. The molecule has 0 fully saturated rings. The molecule has 0 radical (unpaired) electrons. The maximum atomic E-state index is 14.9. The van der Waals surface area contributed by atoms with E-state index in [9.17, 15) is 154 Å². The Morgan fingerprint density at radius 2 is 0.355 bits per heavy atom. The molecule has 0 aromatic rings. The van der Waals surface area contributed by atoms with Gasteiger partial charge in [-0.25, -0.2) is 0 Å². The highest BCUT2D eigenvalue weighted by Gasteiger charge is 3.03. The first-order valence-corrected chi connectivity index (χ1v) is 16.2. The van der Waals surface area contributed by atoms with Crippen LogP contribution in [0.15, 0.2) is 0 Å². The van der Waals surface area contributed by atoms with Crippen LogP contribution >= 0.6 is 0 Å². The van der Waals surface area contributed by atoms with Crippen molar-refractivity contribution in [2.45, 2.75) is 121 Å². The van der Waals surface area contributed by atoms with Crippen LogP contribution in [0.25, 0.3) is 0 Å². The fraction of sp³-hybridized carbons (Fsp3) is 1.00. The molecule has 0 aliphatic heterocycles. The smallest absolute Gasteiger partial charge is 0.370 e. The molecule has 0 spiro atoms. The summed E-state index contributed by atoms with van der Waals surface area (Å²) in [7, 11) is -7.29. The van der Waals surface area contributed by atoms with E-state index >= 15 is 0 Å². The zero-order chi connectivity index (χ0) is 51.2. The summed E-state index contributed by atoms with van der Waals surface area (Å²) < 4.78 is 497. The van der Waals surface area contributed by atoms with Crippen molar-refractivity contribution in [1.82, 2.24) is 0 Å². The SMILES string of the molecule is CCO[Si](OCC)(OCC)C(F)(F)C(F)(F)C(F)(F)C(F)(F)C(F)(F)C(F)(F)C(F)(F)C(F)(F)C(F)(F)C(F)(F)C(F)(F)C(F)(F)C(F)(F)C(F)(F)C(F)(F)C(F)(F)C(F)(F)F. The van der Waals surface area contributed by atoms with Crippen molar-refractivity contribution in [2.75, 3.05) is 19.8 Å². The minimum Gasteiger partial charge on any atom is -0.370 e. The number of rotatable bonds is 22. The Kier molecular flexibility index (Phi) is 15.0. The van der Waals surface area contributed by atoms with Crippen LogP contribution in [0.3, 0.4) is 0 Å². The topological polar surface area (TPSA) is 27.7 Å². The second-order valence-electron chi connectivity index (χ2n) is 11.5. The summed E-state index contributed by atoms with van der Waals surface area (Å²) in [4.78, 5) is 0. The highest BCUT2D eigenvalue weighted by atomic mass is 28.4. The highest BCUT2D eigenvalue weighted by Crippen LogP contribution is 2.70. The molecule has 0 saturated heterocycles. The fourth-order valence-electron chi connectivity index (χ4n) is 4.10. The second kappa shape index (κ2) is 15.6. The van der Waals surface area contributed by atoms with Gasteiger partial charge >= 0.3 is 109 Å². The second-order valence-corrected chi connectivity index (χ2v) is 14.1. The molecule has 0 heterocycles.